The van der Waals surface area contributed by atoms with Crippen molar-refractivity contribution in [1.82, 2.24) is 0 Å². The second kappa shape index (κ2) is 4.94. The summed E-state index contributed by atoms with van der Waals surface area (Å²) in [5.41, 5.74) is 0.939. The summed E-state index contributed by atoms with van der Waals surface area (Å²) in [5.74, 6) is 0.895. The highest BCUT2D eigenvalue weighted by atomic mass is 16.4. The van der Waals surface area contributed by atoms with Gasteiger partial charge in [0.1, 0.15) is 11.5 Å². The van der Waals surface area contributed by atoms with Crippen molar-refractivity contribution in [3.8, 4) is 5.75 Å². The summed E-state index contributed by atoms with van der Waals surface area (Å²) in [5, 5.41) is 10.2. The van der Waals surface area contributed by atoms with Gasteiger partial charge in [0.25, 0.3) is 0 Å². The van der Waals surface area contributed by atoms with E-state index in [4.69, 9.17) is 4.42 Å². The number of aryl methyl sites for hydroxylation is 1. The largest absolute Gasteiger partial charge is 0.507 e. The van der Waals surface area contributed by atoms with Crippen molar-refractivity contribution in [2.45, 2.75) is 58.3 Å². The zero-order valence-electron chi connectivity index (χ0n) is 10.6. The van der Waals surface area contributed by atoms with E-state index >= 15 is 0 Å². The van der Waals surface area contributed by atoms with Crippen molar-refractivity contribution >= 4 is 0 Å². The van der Waals surface area contributed by atoms with Crippen molar-refractivity contribution in [3.05, 3.63) is 27.3 Å². The van der Waals surface area contributed by atoms with Gasteiger partial charge in [-0.25, -0.2) is 4.79 Å². The highest BCUT2D eigenvalue weighted by Gasteiger charge is 2.21. The van der Waals surface area contributed by atoms with Crippen LogP contribution in [0.4, 0.5) is 0 Å². The Morgan fingerprint density at radius 1 is 1.12 bits per heavy atom. The lowest BCUT2D eigenvalue weighted by atomic mass is 9.94. The summed E-state index contributed by atoms with van der Waals surface area (Å²) in [7, 11) is 0. The lowest BCUT2D eigenvalue weighted by molar-refractivity contribution is 0.385. The zero-order valence-corrected chi connectivity index (χ0v) is 10.6. The molecule has 0 amide bonds. The molecule has 0 atom stereocenters. The van der Waals surface area contributed by atoms with Crippen LogP contribution in [0, 0.1) is 0 Å². The summed E-state index contributed by atoms with van der Waals surface area (Å²) in [6.07, 6.45) is 6.06. The van der Waals surface area contributed by atoms with Crippen LogP contribution in [0.5, 0.6) is 5.75 Å². The van der Waals surface area contributed by atoms with E-state index in [1.54, 1.807) is 0 Å². The number of hydrogen-bond acceptors (Lipinski definition) is 3. The molecular formula is C14H20O3. The normalized spacial score (nSPS) is 16.4. The number of rotatable bonds is 1. The predicted molar refractivity (Wildman–Crippen MR) is 66.6 cm³/mol. The second-order valence-corrected chi connectivity index (χ2v) is 5.12. The van der Waals surface area contributed by atoms with Crippen LogP contribution >= 0.6 is 0 Å². The predicted octanol–water partition coefficient (Wildman–Crippen LogP) is 3.13. The molecule has 0 bridgehead atoms. The summed E-state index contributed by atoms with van der Waals surface area (Å²) in [6, 6.07) is 0. The van der Waals surface area contributed by atoms with Crippen LogP contribution in [0.1, 0.15) is 62.3 Å². The summed E-state index contributed by atoms with van der Waals surface area (Å²) in [6.45, 7) is 3.81. The van der Waals surface area contributed by atoms with Gasteiger partial charge in [0.05, 0.1) is 5.56 Å². The molecule has 1 heterocycles. The summed E-state index contributed by atoms with van der Waals surface area (Å²) in [4.78, 5) is 11.8. The first-order valence-electron chi connectivity index (χ1n) is 6.49. The average Bonchev–Trinajstić information content (AvgIpc) is 2.20. The van der Waals surface area contributed by atoms with E-state index < -0.39 is 0 Å². The first-order valence-corrected chi connectivity index (χ1v) is 6.49. The first kappa shape index (κ1) is 12.2. The molecule has 0 unspecified atom stereocenters. The Morgan fingerprint density at radius 3 is 2.41 bits per heavy atom. The zero-order chi connectivity index (χ0) is 12.4. The molecule has 1 aliphatic carbocycles. The fourth-order valence-electron chi connectivity index (χ4n) is 2.53. The molecule has 0 aliphatic heterocycles. The van der Waals surface area contributed by atoms with E-state index in [0.717, 1.165) is 31.2 Å². The molecule has 3 nitrogen and oxygen atoms in total. The molecule has 17 heavy (non-hydrogen) atoms. The van der Waals surface area contributed by atoms with Gasteiger partial charge in [-0.15, -0.1) is 0 Å². The van der Waals surface area contributed by atoms with Crippen molar-refractivity contribution in [2.75, 3.05) is 0 Å². The van der Waals surface area contributed by atoms with Gasteiger partial charge in [0, 0.05) is 12.0 Å². The van der Waals surface area contributed by atoms with Crippen LogP contribution in [-0.2, 0) is 12.8 Å². The lowest BCUT2D eigenvalue weighted by Gasteiger charge is -2.16. The highest BCUT2D eigenvalue weighted by molar-refractivity contribution is 5.42. The molecule has 0 fully saturated rings. The van der Waals surface area contributed by atoms with Gasteiger partial charge in [0.2, 0.25) is 0 Å². The van der Waals surface area contributed by atoms with Crippen molar-refractivity contribution in [1.29, 1.82) is 0 Å². The molecule has 1 aromatic rings. The van der Waals surface area contributed by atoms with Crippen molar-refractivity contribution in [2.24, 2.45) is 0 Å². The van der Waals surface area contributed by atoms with E-state index in [2.05, 4.69) is 0 Å². The molecule has 3 heteroatoms. The molecule has 0 saturated carbocycles. The standard InChI is InChI=1S/C14H20O3/c1-9(2)12-13(15)10-7-5-3-4-6-8-11(10)17-14(12)16/h9,15H,3-8H2,1-2H3. The van der Waals surface area contributed by atoms with Gasteiger partial charge in [-0.2, -0.15) is 0 Å². The fraction of sp³-hybridized carbons (Fsp3) is 0.643. The van der Waals surface area contributed by atoms with Crippen LogP contribution in [0.25, 0.3) is 0 Å². The molecule has 1 aromatic heterocycles. The minimum absolute atomic E-state index is 0.00184. The maximum Gasteiger partial charge on any atom is 0.343 e. The molecule has 0 radical (unpaired) electrons. The second-order valence-electron chi connectivity index (χ2n) is 5.12. The number of hydrogen-bond donors (Lipinski definition) is 1. The monoisotopic (exact) mass is 236 g/mol. The Bertz CT molecular complexity index is 457. The average molecular weight is 236 g/mol. The quantitative estimate of drug-likeness (QED) is 0.815. The molecule has 0 aromatic carbocycles. The third-order valence-corrected chi connectivity index (χ3v) is 3.47. The van der Waals surface area contributed by atoms with Gasteiger partial charge < -0.3 is 9.52 Å². The first-order chi connectivity index (χ1) is 8.11. The number of aromatic hydroxyl groups is 1. The summed E-state index contributed by atoms with van der Waals surface area (Å²) >= 11 is 0. The van der Waals surface area contributed by atoms with Gasteiger partial charge in [-0.1, -0.05) is 26.7 Å². The minimum atomic E-state index is -0.364. The molecule has 0 spiro atoms. The molecule has 94 valence electrons. The van der Waals surface area contributed by atoms with Gasteiger partial charge in [-0.05, 0) is 25.2 Å². The van der Waals surface area contributed by atoms with Crippen molar-refractivity contribution in [3.63, 3.8) is 0 Å². The van der Waals surface area contributed by atoms with Crippen molar-refractivity contribution < 1.29 is 9.52 Å². The Kier molecular flexibility index (Phi) is 3.55. The van der Waals surface area contributed by atoms with Gasteiger partial charge in [0.15, 0.2) is 0 Å². The van der Waals surface area contributed by atoms with E-state index in [1.807, 2.05) is 13.8 Å². The van der Waals surface area contributed by atoms with Crippen LogP contribution in [0.15, 0.2) is 9.21 Å². The van der Waals surface area contributed by atoms with Gasteiger partial charge >= 0.3 is 5.63 Å². The third-order valence-electron chi connectivity index (χ3n) is 3.47. The maximum absolute atomic E-state index is 11.8. The van der Waals surface area contributed by atoms with Crippen LogP contribution in [0.2, 0.25) is 0 Å². The topological polar surface area (TPSA) is 50.4 Å². The molecule has 1 aliphatic rings. The third kappa shape index (κ3) is 2.38. The number of fused-ring (bicyclic) bond motifs is 1. The van der Waals surface area contributed by atoms with Crippen LogP contribution in [0.3, 0.4) is 0 Å². The summed E-state index contributed by atoms with van der Waals surface area (Å²) < 4.78 is 5.39. The van der Waals surface area contributed by atoms with Gasteiger partial charge in [-0.3, -0.25) is 0 Å². The van der Waals surface area contributed by atoms with E-state index in [-0.39, 0.29) is 17.3 Å². The lowest BCUT2D eigenvalue weighted by Crippen LogP contribution is -2.14. The van der Waals surface area contributed by atoms with E-state index in [1.165, 1.54) is 12.8 Å². The molecule has 1 N–H and O–H groups in total. The Hall–Kier alpha value is -1.25. The Morgan fingerprint density at radius 2 is 1.76 bits per heavy atom. The van der Waals surface area contributed by atoms with Crippen LogP contribution in [-0.4, -0.2) is 5.11 Å². The minimum Gasteiger partial charge on any atom is -0.507 e. The SMILES string of the molecule is CC(C)c1c(O)c2c(oc1=O)CCCCCC2. The van der Waals surface area contributed by atoms with Crippen LogP contribution < -0.4 is 5.63 Å². The molecular weight excluding hydrogens is 216 g/mol. The molecule has 0 saturated heterocycles. The fourth-order valence-corrected chi connectivity index (χ4v) is 2.53. The maximum atomic E-state index is 11.8. The Labute approximate surface area is 101 Å². The molecule has 2 rings (SSSR count). The Balaban J connectivity index is 2.55. The van der Waals surface area contributed by atoms with E-state index in [9.17, 15) is 9.90 Å². The smallest absolute Gasteiger partial charge is 0.343 e. The van der Waals surface area contributed by atoms with E-state index in [0.29, 0.717) is 11.3 Å². The highest BCUT2D eigenvalue weighted by Crippen LogP contribution is 2.31.